The molecule has 7 nitrogen and oxygen atoms in total. The van der Waals surface area contributed by atoms with Gasteiger partial charge in [0.25, 0.3) is 0 Å². The van der Waals surface area contributed by atoms with Crippen LogP contribution in [-0.2, 0) is 0 Å². The molecule has 0 aliphatic carbocycles. The molecule has 0 aliphatic heterocycles. The molecule has 0 spiro atoms. The highest BCUT2D eigenvalue weighted by atomic mass is 19.1. The zero-order chi connectivity index (χ0) is 19.9. The smallest absolute Gasteiger partial charge is 0.323 e. The van der Waals surface area contributed by atoms with Gasteiger partial charge in [-0.25, -0.2) is 19.2 Å². The molecule has 0 aliphatic rings. The molecular formula is C20H21FN6O. The zero-order valence-corrected chi connectivity index (χ0v) is 15.6. The highest BCUT2D eigenvalue weighted by molar-refractivity contribution is 5.99. The number of hydrogen-bond acceptors (Lipinski definition) is 5. The van der Waals surface area contributed by atoms with Crippen molar-refractivity contribution in [1.82, 2.24) is 9.97 Å². The van der Waals surface area contributed by atoms with Crippen molar-refractivity contribution < 1.29 is 9.18 Å². The standard InChI is InChI=1S/C20H21FN6O/c1-3-22-18-12-19(24-13(2)23-18)25-15-7-9-16(10-8-15)26-20(28)27-17-6-4-5-14(21)11-17/h4-12H,3H2,1-2H3,(H2,26,27,28)(H2,22,23,24,25). The van der Waals surface area contributed by atoms with E-state index in [1.165, 1.54) is 18.2 Å². The fourth-order valence-corrected chi connectivity index (χ4v) is 2.55. The van der Waals surface area contributed by atoms with Gasteiger partial charge >= 0.3 is 6.03 Å². The maximum Gasteiger partial charge on any atom is 0.323 e. The number of aromatic nitrogens is 2. The first-order valence-corrected chi connectivity index (χ1v) is 8.82. The highest BCUT2D eigenvalue weighted by Crippen LogP contribution is 2.20. The Bertz CT molecular complexity index is 961. The van der Waals surface area contributed by atoms with E-state index >= 15 is 0 Å². The van der Waals surface area contributed by atoms with Gasteiger partial charge in [-0.3, -0.25) is 0 Å². The molecule has 3 aromatic rings. The summed E-state index contributed by atoms with van der Waals surface area (Å²) in [5, 5.41) is 11.6. The van der Waals surface area contributed by atoms with Gasteiger partial charge in [-0.1, -0.05) is 6.07 Å². The lowest BCUT2D eigenvalue weighted by atomic mass is 10.2. The van der Waals surface area contributed by atoms with Crippen molar-refractivity contribution in [2.45, 2.75) is 13.8 Å². The van der Waals surface area contributed by atoms with Gasteiger partial charge in [0.1, 0.15) is 23.3 Å². The summed E-state index contributed by atoms with van der Waals surface area (Å²) in [5.41, 5.74) is 1.80. The number of amides is 2. The summed E-state index contributed by atoms with van der Waals surface area (Å²) in [4.78, 5) is 20.7. The Morgan fingerprint density at radius 3 is 2.32 bits per heavy atom. The lowest BCUT2D eigenvalue weighted by Gasteiger charge is -2.11. The Hall–Kier alpha value is -3.68. The van der Waals surface area contributed by atoms with Crippen LogP contribution in [0.25, 0.3) is 0 Å². The molecular weight excluding hydrogens is 359 g/mol. The van der Waals surface area contributed by atoms with Crippen LogP contribution in [0.2, 0.25) is 0 Å². The second-order valence-corrected chi connectivity index (χ2v) is 6.01. The molecule has 0 radical (unpaired) electrons. The molecule has 0 fully saturated rings. The maximum atomic E-state index is 13.2. The van der Waals surface area contributed by atoms with E-state index in [1.807, 2.05) is 32.0 Å². The van der Waals surface area contributed by atoms with E-state index in [9.17, 15) is 9.18 Å². The van der Waals surface area contributed by atoms with Crippen LogP contribution < -0.4 is 21.3 Å². The Morgan fingerprint density at radius 1 is 0.929 bits per heavy atom. The van der Waals surface area contributed by atoms with Crippen LogP contribution in [-0.4, -0.2) is 22.5 Å². The number of anilines is 5. The van der Waals surface area contributed by atoms with E-state index in [2.05, 4.69) is 31.2 Å². The van der Waals surface area contributed by atoms with Gasteiger partial charge < -0.3 is 21.3 Å². The van der Waals surface area contributed by atoms with E-state index in [0.29, 0.717) is 23.0 Å². The Balaban J connectivity index is 1.61. The molecule has 0 bridgehead atoms. The van der Waals surface area contributed by atoms with Crippen LogP contribution in [0.4, 0.5) is 37.9 Å². The number of halogens is 1. The number of hydrogen-bond donors (Lipinski definition) is 4. The van der Waals surface area contributed by atoms with Crippen molar-refractivity contribution in [3.05, 3.63) is 66.2 Å². The Morgan fingerprint density at radius 2 is 1.61 bits per heavy atom. The van der Waals surface area contributed by atoms with Gasteiger partial charge in [0.2, 0.25) is 0 Å². The second kappa shape index (κ2) is 8.81. The summed E-state index contributed by atoms with van der Waals surface area (Å²) in [6.45, 7) is 4.60. The quantitative estimate of drug-likeness (QED) is 0.496. The number of nitrogens with zero attached hydrogens (tertiary/aromatic N) is 2. The molecule has 1 aromatic heterocycles. The Kier molecular flexibility index (Phi) is 6.01. The molecule has 28 heavy (non-hydrogen) atoms. The van der Waals surface area contributed by atoms with Crippen LogP contribution in [0.5, 0.6) is 0 Å². The van der Waals surface area contributed by atoms with Crippen molar-refractivity contribution in [1.29, 1.82) is 0 Å². The van der Waals surface area contributed by atoms with Crippen LogP contribution in [0.1, 0.15) is 12.7 Å². The van der Waals surface area contributed by atoms with Crippen molar-refractivity contribution in [3.8, 4) is 0 Å². The normalized spacial score (nSPS) is 10.2. The SMILES string of the molecule is CCNc1cc(Nc2ccc(NC(=O)Nc3cccc(F)c3)cc2)nc(C)n1. The average Bonchev–Trinajstić information content (AvgIpc) is 2.63. The molecule has 0 saturated carbocycles. The summed E-state index contributed by atoms with van der Waals surface area (Å²) < 4.78 is 13.2. The molecule has 0 saturated heterocycles. The number of carbonyl (C=O) groups is 1. The molecule has 144 valence electrons. The summed E-state index contributed by atoms with van der Waals surface area (Å²) in [6.07, 6.45) is 0. The van der Waals surface area contributed by atoms with Gasteiger partial charge in [-0.05, 0) is 56.3 Å². The van der Waals surface area contributed by atoms with Gasteiger partial charge in [0, 0.05) is 29.7 Å². The number of aryl methyl sites for hydroxylation is 1. The minimum Gasteiger partial charge on any atom is -0.370 e. The number of rotatable bonds is 6. The lowest BCUT2D eigenvalue weighted by molar-refractivity contribution is 0.262. The van der Waals surface area contributed by atoms with Crippen molar-refractivity contribution >= 4 is 34.7 Å². The molecule has 2 aromatic carbocycles. The van der Waals surface area contributed by atoms with Crippen molar-refractivity contribution in [2.75, 3.05) is 27.8 Å². The number of urea groups is 1. The van der Waals surface area contributed by atoms with Crippen LogP contribution >= 0.6 is 0 Å². The largest absolute Gasteiger partial charge is 0.370 e. The maximum absolute atomic E-state index is 13.2. The Labute approximate surface area is 162 Å². The molecule has 8 heteroatoms. The average molecular weight is 380 g/mol. The third kappa shape index (κ3) is 5.41. The minimum atomic E-state index is -0.451. The van der Waals surface area contributed by atoms with Crippen LogP contribution in [0, 0.1) is 12.7 Å². The number of carbonyl (C=O) groups excluding carboxylic acids is 1. The van der Waals surface area contributed by atoms with Gasteiger partial charge in [-0.2, -0.15) is 0 Å². The van der Waals surface area contributed by atoms with E-state index in [4.69, 9.17) is 0 Å². The summed E-state index contributed by atoms with van der Waals surface area (Å²) in [6, 6.07) is 14.2. The van der Waals surface area contributed by atoms with Crippen molar-refractivity contribution in [3.63, 3.8) is 0 Å². The van der Waals surface area contributed by atoms with Crippen LogP contribution in [0.3, 0.4) is 0 Å². The molecule has 3 rings (SSSR count). The highest BCUT2D eigenvalue weighted by Gasteiger charge is 2.05. The minimum absolute atomic E-state index is 0.381. The lowest BCUT2D eigenvalue weighted by Crippen LogP contribution is -2.19. The molecule has 1 heterocycles. The van der Waals surface area contributed by atoms with E-state index in [0.717, 1.165) is 18.1 Å². The molecule has 0 unspecified atom stereocenters. The topological polar surface area (TPSA) is 91.0 Å². The number of benzene rings is 2. The first-order valence-electron chi connectivity index (χ1n) is 8.82. The third-order valence-electron chi connectivity index (χ3n) is 3.69. The van der Waals surface area contributed by atoms with Gasteiger partial charge in [-0.15, -0.1) is 0 Å². The monoisotopic (exact) mass is 380 g/mol. The molecule has 2 amide bonds. The fourth-order valence-electron chi connectivity index (χ4n) is 2.55. The predicted octanol–water partition coefficient (Wildman–Crippen LogP) is 4.74. The second-order valence-electron chi connectivity index (χ2n) is 6.01. The molecule has 4 N–H and O–H groups in total. The zero-order valence-electron chi connectivity index (χ0n) is 15.6. The predicted molar refractivity (Wildman–Crippen MR) is 110 cm³/mol. The fraction of sp³-hybridized carbons (Fsp3) is 0.150. The number of nitrogens with one attached hydrogen (secondary N) is 4. The van der Waals surface area contributed by atoms with E-state index in [1.54, 1.807) is 18.2 Å². The van der Waals surface area contributed by atoms with Crippen molar-refractivity contribution in [2.24, 2.45) is 0 Å². The summed E-state index contributed by atoms with van der Waals surface area (Å²) >= 11 is 0. The summed E-state index contributed by atoms with van der Waals surface area (Å²) in [7, 11) is 0. The van der Waals surface area contributed by atoms with Gasteiger partial charge in [0.05, 0.1) is 0 Å². The van der Waals surface area contributed by atoms with E-state index in [-0.39, 0.29) is 0 Å². The third-order valence-corrected chi connectivity index (χ3v) is 3.69. The van der Waals surface area contributed by atoms with Crippen LogP contribution in [0.15, 0.2) is 54.6 Å². The van der Waals surface area contributed by atoms with E-state index < -0.39 is 11.8 Å². The summed E-state index contributed by atoms with van der Waals surface area (Å²) in [5.74, 6) is 1.68. The first-order chi connectivity index (χ1) is 13.5. The first kappa shape index (κ1) is 19.1. The molecule has 0 atom stereocenters. The van der Waals surface area contributed by atoms with Gasteiger partial charge in [0.15, 0.2) is 0 Å².